The Bertz CT molecular complexity index is 428. The molecular weight excluding hydrogens is 329 g/mol. The minimum absolute atomic E-state index is 0.0595. The van der Waals surface area contributed by atoms with Gasteiger partial charge in [-0.3, -0.25) is 4.79 Å². The maximum atomic E-state index is 12.0. The van der Waals surface area contributed by atoms with Gasteiger partial charge in [0.05, 0.1) is 6.10 Å². The van der Waals surface area contributed by atoms with E-state index in [-0.39, 0.29) is 23.5 Å². The zero-order valence-corrected chi connectivity index (χ0v) is 12.1. The average Bonchev–Trinajstić information content (AvgIpc) is 2.29. The van der Waals surface area contributed by atoms with Crippen molar-refractivity contribution < 1.29 is 9.90 Å². The molecule has 0 aliphatic heterocycles. The summed E-state index contributed by atoms with van der Waals surface area (Å²) >= 11 is 2.21. The summed E-state index contributed by atoms with van der Waals surface area (Å²) in [5.41, 5.74) is 0.446. The quantitative estimate of drug-likeness (QED) is 0.808. The molecule has 2 atom stereocenters. The fourth-order valence-corrected chi connectivity index (χ4v) is 2.35. The van der Waals surface area contributed by atoms with Gasteiger partial charge in [-0.05, 0) is 53.3 Å². The molecule has 2 N–H and O–H groups in total. The fourth-order valence-electron chi connectivity index (χ4n) is 1.99. The van der Waals surface area contributed by atoms with Gasteiger partial charge >= 0.3 is 0 Å². The minimum atomic E-state index is -0.315. The second-order valence-electron chi connectivity index (χ2n) is 5.11. The molecule has 0 heterocycles. The smallest absolute Gasteiger partial charge is 0.251 e. The maximum absolute atomic E-state index is 12.0. The van der Waals surface area contributed by atoms with Crippen molar-refractivity contribution in [2.45, 2.75) is 32.4 Å². The normalized spacial score (nSPS) is 26.1. The molecule has 0 aromatic heterocycles. The van der Waals surface area contributed by atoms with Gasteiger partial charge in [0.1, 0.15) is 0 Å². The van der Waals surface area contributed by atoms with Gasteiger partial charge in [-0.2, -0.15) is 0 Å². The zero-order valence-electron chi connectivity index (χ0n) is 9.90. The van der Waals surface area contributed by atoms with Crippen molar-refractivity contribution >= 4 is 28.5 Å². The van der Waals surface area contributed by atoms with E-state index >= 15 is 0 Å². The molecule has 1 amide bonds. The van der Waals surface area contributed by atoms with Crippen molar-refractivity contribution in [3.8, 4) is 0 Å². The van der Waals surface area contributed by atoms with Crippen LogP contribution in [0.15, 0.2) is 24.3 Å². The number of hydrogen-bond acceptors (Lipinski definition) is 2. The summed E-state index contributed by atoms with van der Waals surface area (Å²) in [4.78, 5) is 12.0. The number of benzene rings is 1. The lowest BCUT2D eigenvalue weighted by Crippen LogP contribution is -2.61. The van der Waals surface area contributed by atoms with Crippen molar-refractivity contribution in [2.24, 2.45) is 5.41 Å². The van der Waals surface area contributed by atoms with Crippen LogP contribution in [0.4, 0.5) is 0 Å². The summed E-state index contributed by atoms with van der Waals surface area (Å²) in [6, 6.07) is 7.52. The number of halogens is 1. The van der Waals surface area contributed by atoms with Gasteiger partial charge in [0.15, 0.2) is 0 Å². The van der Waals surface area contributed by atoms with E-state index in [4.69, 9.17) is 0 Å². The van der Waals surface area contributed by atoms with Crippen LogP contribution in [0.2, 0.25) is 0 Å². The minimum Gasteiger partial charge on any atom is -0.392 e. The molecule has 1 fully saturated rings. The number of aliphatic hydroxyl groups is 1. The third-order valence-electron chi connectivity index (χ3n) is 3.63. The molecule has 1 aliphatic rings. The van der Waals surface area contributed by atoms with Gasteiger partial charge in [-0.1, -0.05) is 13.8 Å². The highest BCUT2D eigenvalue weighted by molar-refractivity contribution is 14.1. The van der Waals surface area contributed by atoms with Crippen molar-refractivity contribution in [3.05, 3.63) is 33.4 Å². The van der Waals surface area contributed by atoms with Crippen molar-refractivity contribution in [1.29, 1.82) is 0 Å². The first kappa shape index (κ1) is 12.8. The molecule has 17 heavy (non-hydrogen) atoms. The molecule has 0 saturated heterocycles. The van der Waals surface area contributed by atoms with Crippen LogP contribution in [-0.2, 0) is 0 Å². The highest BCUT2D eigenvalue weighted by atomic mass is 127. The number of nitrogens with one attached hydrogen (secondary N) is 1. The number of amides is 1. The van der Waals surface area contributed by atoms with Crippen LogP contribution >= 0.6 is 22.6 Å². The lowest BCUT2D eigenvalue weighted by atomic mass is 9.64. The van der Waals surface area contributed by atoms with Gasteiger partial charge in [-0.15, -0.1) is 0 Å². The van der Waals surface area contributed by atoms with E-state index in [2.05, 4.69) is 27.9 Å². The van der Waals surface area contributed by atoms with Gasteiger partial charge < -0.3 is 10.4 Å². The Morgan fingerprint density at radius 3 is 2.47 bits per heavy atom. The van der Waals surface area contributed by atoms with Crippen LogP contribution in [0, 0.1) is 8.99 Å². The third-order valence-corrected chi connectivity index (χ3v) is 4.35. The number of carbonyl (C=O) groups is 1. The molecule has 2 unspecified atom stereocenters. The highest BCUT2D eigenvalue weighted by Crippen LogP contribution is 2.40. The number of carbonyl (C=O) groups excluding carboxylic acids is 1. The Balaban J connectivity index is 2.01. The summed E-state index contributed by atoms with van der Waals surface area (Å²) in [7, 11) is 0. The summed E-state index contributed by atoms with van der Waals surface area (Å²) in [6.45, 7) is 3.94. The molecular formula is C13H16INO2. The van der Waals surface area contributed by atoms with Crippen molar-refractivity contribution in [2.75, 3.05) is 0 Å². The Morgan fingerprint density at radius 2 is 2.00 bits per heavy atom. The topological polar surface area (TPSA) is 49.3 Å². The van der Waals surface area contributed by atoms with Crippen molar-refractivity contribution in [1.82, 2.24) is 5.32 Å². The van der Waals surface area contributed by atoms with Crippen LogP contribution in [0.5, 0.6) is 0 Å². The molecule has 0 radical (unpaired) electrons. The van der Waals surface area contributed by atoms with Gasteiger partial charge in [0.25, 0.3) is 5.91 Å². The Morgan fingerprint density at radius 1 is 1.41 bits per heavy atom. The molecule has 2 rings (SSSR count). The first-order valence-corrected chi connectivity index (χ1v) is 6.73. The van der Waals surface area contributed by atoms with Gasteiger partial charge in [0.2, 0.25) is 0 Å². The molecule has 1 aromatic rings. The lowest BCUT2D eigenvalue weighted by Gasteiger charge is -2.49. The molecule has 92 valence electrons. The second kappa shape index (κ2) is 4.57. The summed E-state index contributed by atoms with van der Waals surface area (Å²) in [5.74, 6) is -0.0635. The largest absolute Gasteiger partial charge is 0.392 e. The van der Waals surface area contributed by atoms with Crippen LogP contribution in [0.1, 0.15) is 30.6 Å². The van der Waals surface area contributed by atoms with Crippen LogP contribution < -0.4 is 5.32 Å². The lowest BCUT2D eigenvalue weighted by molar-refractivity contribution is -0.0689. The van der Waals surface area contributed by atoms with Crippen LogP contribution in [-0.4, -0.2) is 23.2 Å². The molecule has 0 spiro atoms. The molecule has 1 saturated carbocycles. The van der Waals surface area contributed by atoms with E-state index in [1.165, 1.54) is 0 Å². The predicted octanol–water partition coefficient (Wildman–Crippen LogP) is 2.18. The SMILES string of the molecule is CC1(C)C(O)CC1NC(=O)c1ccc(I)cc1. The standard InChI is InChI=1S/C13H16INO2/c1-13(2)10(7-11(13)16)15-12(17)8-3-5-9(14)6-4-8/h3-6,10-11,16H,7H2,1-2H3,(H,15,17). The third kappa shape index (κ3) is 2.47. The van der Waals surface area contributed by atoms with E-state index in [1.807, 2.05) is 38.1 Å². The average molecular weight is 345 g/mol. The van der Waals surface area contributed by atoms with E-state index in [0.717, 1.165) is 3.57 Å². The Labute approximate surface area is 115 Å². The molecule has 1 aliphatic carbocycles. The monoisotopic (exact) mass is 345 g/mol. The van der Waals surface area contributed by atoms with Crippen LogP contribution in [0.25, 0.3) is 0 Å². The number of hydrogen-bond donors (Lipinski definition) is 2. The fraction of sp³-hybridized carbons (Fsp3) is 0.462. The number of rotatable bonds is 2. The summed E-state index contributed by atoms with van der Waals surface area (Å²) < 4.78 is 1.11. The Hall–Kier alpha value is -0.620. The molecule has 4 heteroatoms. The number of aliphatic hydroxyl groups excluding tert-OH is 1. The Kier molecular flexibility index (Phi) is 3.45. The second-order valence-corrected chi connectivity index (χ2v) is 6.35. The summed E-state index contributed by atoms with van der Waals surface area (Å²) in [6.07, 6.45) is 0.327. The molecule has 3 nitrogen and oxygen atoms in total. The first-order chi connectivity index (χ1) is 7.91. The molecule has 1 aromatic carbocycles. The van der Waals surface area contributed by atoms with E-state index in [1.54, 1.807) is 0 Å². The van der Waals surface area contributed by atoms with Crippen LogP contribution in [0.3, 0.4) is 0 Å². The predicted molar refractivity (Wildman–Crippen MR) is 74.8 cm³/mol. The van der Waals surface area contributed by atoms with E-state index < -0.39 is 0 Å². The van der Waals surface area contributed by atoms with E-state index in [0.29, 0.717) is 12.0 Å². The van der Waals surface area contributed by atoms with Crippen molar-refractivity contribution in [3.63, 3.8) is 0 Å². The summed E-state index contributed by atoms with van der Waals surface area (Å²) in [5, 5.41) is 12.6. The first-order valence-electron chi connectivity index (χ1n) is 5.66. The maximum Gasteiger partial charge on any atom is 0.251 e. The molecule has 0 bridgehead atoms. The van der Waals surface area contributed by atoms with E-state index in [9.17, 15) is 9.90 Å². The zero-order chi connectivity index (χ0) is 12.6. The highest BCUT2D eigenvalue weighted by Gasteiger charge is 2.47. The van der Waals surface area contributed by atoms with Gasteiger partial charge in [0, 0.05) is 20.6 Å². The van der Waals surface area contributed by atoms with Gasteiger partial charge in [-0.25, -0.2) is 0 Å².